The van der Waals surface area contributed by atoms with Gasteiger partial charge in [0.25, 0.3) is 0 Å². The van der Waals surface area contributed by atoms with Gasteiger partial charge >= 0.3 is 0 Å². The minimum absolute atomic E-state index is 0.0304. The van der Waals surface area contributed by atoms with Gasteiger partial charge in [-0.25, -0.2) is 0 Å². The lowest BCUT2D eigenvalue weighted by Crippen LogP contribution is -2.61. The van der Waals surface area contributed by atoms with Crippen molar-refractivity contribution >= 4 is 18.6 Å². The van der Waals surface area contributed by atoms with Gasteiger partial charge in [0.2, 0.25) is 12.3 Å². The van der Waals surface area contributed by atoms with Crippen LogP contribution in [0.1, 0.15) is 66.2 Å². The maximum absolute atomic E-state index is 12.0. The van der Waals surface area contributed by atoms with E-state index in [1.807, 2.05) is 13.8 Å². The lowest BCUT2D eigenvalue weighted by molar-refractivity contribution is -0.140. The van der Waals surface area contributed by atoms with Gasteiger partial charge in [0, 0.05) is 17.5 Å². The Morgan fingerprint density at radius 2 is 1.86 bits per heavy atom. The van der Waals surface area contributed by atoms with E-state index in [0.29, 0.717) is 17.8 Å². The third kappa shape index (κ3) is 2.61. The second kappa shape index (κ2) is 6.43. The third-order valence-corrected chi connectivity index (χ3v) is 9.04. The summed E-state index contributed by atoms with van der Waals surface area (Å²) in [7, 11) is 0. The summed E-state index contributed by atoms with van der Waals surface area (Å²) >= 11 is 0. The second-order valence-electron chi connectivity index (χ2n) is 10.6. The number of fused-ring (bicyclic) bond motifs is 5. The van der Waals surface area contributed by atoms with Crippen LogP contribution < -0.4 is 5.32 Å². The minimum Gasteiger partial charge on any atom is -0.349 e. The first kappa shape index (κ1) is 19.7. The van der Waals surface area contributed by atoms with E-state index in [2.05, 4.69) is 25.2 Å². The van der Waals surface area contributed by atoms with E-state index in [1.165, 1.54) is 0 Å². The summed E-state index contributed by atoms with van der Waals surface area (Å²) in [5.41, 5.74) is -0.670. The molecule has 154 valence electrons. The van der Waals surface area contributed by atoms with Crippen LogP contribution in [0.4, 0.5) is 0 Å². The van der Waals surface area contributed by atoms with Gasteiger partial charge in [-0.1, -0.05) is 19.9 Å². The fourth-order valence-electron chi connectivity index (χ4n) is 7.43. The molecule has 2 amide bonds. The number of hydrogen-bond donors (Lipinski definition) is 1. The van der Waals surface area contributed by atoms with Gasteiger partial charge in [-0.05, 0) is 81.6 Å². The van der Waals surface area contributed by atoms with Crippen LogP contribution in [-0.2, 0) is 14.4 Å². The number of nitrogens with zero attached hydrogens (tertiary/aromatic N) is 1. The second-order valence-corrected chi connectivity index (χ2v) is 10.6. The fraction of sp³-hybridized carbons (Fsp3) is 0.783. The molecule has 28 heavy (non-hydrogen) atoms. The topological polar surface area (TPSA) is 66.5 Å². The van der Waals surface area contributed by atoms with Crippen molar-refractivity contribution in [3.8, 4) is 0 Å². The van der Waals surface area contributed by atoms with E-state index in [-0.39, 0.29) is 28.8 Å². The number of carbonyl (C=O) groups is 3. The zero-order valence-corrected chi connectivity index (χ0v) is 17.6. The standard InChI is InChI=1S/C23H34N2O3/c1-21(2,13-26)25(14-27)19-8-6-16-15-5-7-18-22(3,12-10-20(28)24-18)17(15)9-11-23(16,19)4/h10,12-19H,5-9,11H2,1-4H3,(H,24,28)/t15-,16-,17-,18+,19-,22+,23-/m0/s1. The molecule has 1 heterocycles. The summed E-state index contributed by atoms with van der Waals surface area (Å²) < 4.78 is 0. The van der Waals surface area contributed by atoms with Gasteiger partial charge in [0.1, 0.15) is 6.29 Å². The zero-order chi connectivity index (χ0) is 20.3. The highest BCUT2D eigenvalue weighted by atomic mass is 16.2. The highest BCUT2D eigenvalue weighted by Gasteiger charge is 2.61. The largest absolute Gasteiger partial charge is 0.349 e. The average molecular weight is 387 g/mol. The van der Waals surface area contributed by atoms with Gasteiger partial charge in [0.15, 0.2) is 0 Å². The molecule has 0 spiro atoms. The molecule has 1 N–H and O–H groups in total. The molecule has 3 aliphatic carbocycles. The number of rotatable bonds is 4. The normalized spacial score (nSPS) is 44.7. The summed E-state index contributed by atoms with van der Waals surface area (Å²) in [5, 5.41) is 3.21. The van der Waals surface area contributed by atoms with Crippen molar-refractivity contribution in [2.24, 2.45) is 28.6 Å². The molecular weight excluding hydrogens is 352 g/mol. The van der Waals surface area contributed by atoms with Gasteiger partial charge in [0.05, 0.1) is 5.54 Å². The van der Waals surface area contributed by atoms with Crippen LogP contribution in [0.2, 0.25) is 0 Å². The Balaban J connectivity index is 1.64. The summed E-state index contributed by atoms with van der Waals surface area (Å²) in [5.74, 6) is 1.81. The van der Waals surface area contributed by atoms with E-state index in [4.69, 9.17) is 0 Å². The molecule has 0 aromatic carbocycles. The summed E-state index contributed by atoms with van der Waals surface area (Å²) in [6, 6.07) is 0.372. The Labute approximate surface area is 168 Å². The van der Waals surface area contributed by atoms with Gasteiger partial charge in [-0.15, -0.1) is 0 Å². The number of nitrogens with one attached hydrogen (secondary N) is 1. The Bertz CT molecular complexity index is 717. The molecule has 0 saturated heterocycles. The van der Waals surface area contributed by atoms with E-state index in [9.17, 15) is 14.4 Å². The molecule has 0 bridgehead atoms. The van der Waals surface area contributed by atoms with Crippen LogP contribution in [0, 0.1) is 28.6 Å². The minimum atomic E-state index is -0.763. The van der Waals surface area contributed by atoms with Crippen LogP contribution >= 0.6 is 0 Å². The van der Waals surface area contributed by atoms with Crippen LogP contribution in [0.5, 0.6) is 0 Å². The molecule has 3 saturated carbocycles. The Kier molecular flexibility index (Phi) is 4.51. The first-order valence-corrected chi connectivity index (χ1v) is 10.9. The quantitative estimate of drug-likeness (QED) is 0.755. The number of aldehydes is 1. The maximum Gasteiger partial charge on any atom is 0.243 e. The molecule has 4 rings (SSSR count). The van der Waals surface area contributed by atoms with E-state index in [1.54, 1.807) is 11.0 Å². The number of hydrogen-bond acceptors (Lipinski definition) is 3. The molecule has 0 radical (unpaired) electrons. The number of amides is 2. The van der Waals surface area contributed by atoms with Gasteiger partial charge in [-0.3, -0.25) is 9.59 Å². The van der Waals surface area contributed by atoms with E-state index >= 15 is 0 Å². The summed E-state index contributed by atoms with van der Waals surface area (Å²) in [6.45, 7) is 8.37. The lowest BCUT2D eigenvalue weighted by atomic mass is 9.48. The number of carbonyl (C=O) groups excluding carboxylic acids is 3. The maximum atomic E-state index is 12.0. The molecular formula is C23H34N2O3. The Morgan fingerprint density at radius 1 is 1.11 bits per heavy atom. The van der Waals surface area contributed by atoms with Crippen molar-refractivity contribution in [2.75, 3.05) is 0 Å². The van der Waals surface area contributed by atoms with E-state index in [0.717, 1.165) is 51.2 Å². The van der Waals surface area contributed by atoms with Crippen LogP contribution in [0.15, 0.2) is 12.2 Å². The fourth-order valence-corrected chi connectivity index (χ4v) is 7.43. The van der Waals surface area contributed by atoms with Crippen LogP contribution in [0.25, 0.3) is 0 Å². The van der Waals surface area contributed by atoms with Crippen LogP contribution in [0.3, 0.4) is 0 Å². The monoisotopic (exact) mass is 386 g/mol. The predicted molar refractivity (Wildman–Crippen MR) is 107 cm³/mol. The smallest absolute Gasteiger partial charge is 0.243 e. The lowest BCUT2D eigenvalue weighted by Gasteiger charge is -2.59. The first-order chi connectivity index (χ1) is 13.2. The van der Waals surface area contributed by atoms with Crippen molar-refractivity contribution in [3.63, 3.8) is 0 Å². The molecule has 5 heteroatoms. The first-order valence-electron chi connectivity index (χ1n) is 10.9. The SMILES string of the molecule is CC(C)(C=O)N(C=O)[C@H]1CC[C@H]2[C@@H]3CC[C@H]4NC(=O)C=C[C@]4(C)[C@H]3CC[C@]12C. The van der Waals surface area contributed by atoms with E-state index < -0.39 is 5.54 Å². The molecule has 5 nitrogen and oxygen atoms in total. The summed E-state index contributed by atoms with van der Waals surface area (Å²) in [6.07, 6.45) is 12.2. The van der Waals surface area contributed by atoms with Crippen molar-refractivity contribution in [1.82, 2.24) is 10.2 Å². The van der Waals surface area contributed by atoms with Crippen LogP contribution in [-0.4, -0.2) is 41.1 Å². The van der Waals surface area contributed by atoms with Crippen molar-refractivity contribution in [1.29, 1.82) is 0 Å². The average Bonchev–Trinajstić information content (AvgIpc) is 3.00. The molecule has 4 aliphatic rings. The zero-order valence-electron chi connectivity index (χ0n) is 17.6. The Morgan fingerprint density at radius 3 is 2.54 bits per heavy atom. The summed E-state index contributed by atoms with van der Waals surface area (Å²) in [4.78, 5) is 37.3. The third-order valence-electron chi connectivity index (χ3n) is 9.04. The van der Waals surface area contributed by atoms with Crippen molar-refractivity contribution < 1.29 is 14.4 Å². The molecule has 1 aliphatic heterocycles. The van der Waals surface area contributed by atoms with Gasteiger partial charge < -0.3 is 15.0 Å². The highest BCUT2D eigenvalue weighted by Crippen LogP contribution is 2.64. The predicted octanol–water partition coefficient (Wildman–Crippen LogP) is 3.09. The molecule has 0 aromatic rings. The molecule has 3 fully saturated rings. The van der Waals surface area contributed by atoms with Gasteiger partial charge in [-0.2, -0.15) is 0 Å². The Hall–Kier alpha value is -1.65. The van der Waals surface area contributed by atoms with Crippen molar-refractivity contribution in [3.05, 3.63) is 12.2 Å². The molecule has 0 aromatic heterocycles. The molecule has 0 unspecified atom stereocenters. The highest BCUT2D eigenvalue weighted by molar-refractivity contribution is 5.89. The van der Waals surface area contributed by atoms with Crippen molar-refractivity contribution in [2.45, 2.75) is 83.8 Å². The molecule has 7 atom stereocenters.